The molecule has 130 valence electrons. The molecule has 8 heteroatoms. The Hall–Kier alpha value is -1.93. The highest BCUT2D eigenvalue weighted by atomic mass is 32.2. The van der Waals surface area contributed by atoms with E-state index in [1.165, 1.54) is 10.4 Å². The average molecular weight is 351 g/mol. The zero-order chi connectivity index (χ0) is 17.3. The molecule has 2 amide bonds. The predicted octanol–water partition coefficient (Wildman–Crippen LogP) is 0.814. The van der Waals surface area contributed by atoms with E-state index in [0.717, 1.165) is 0 Å². The largest absolute Gasteiger partial charge is 0.341 e. The van der Waals surface area contributed by atoms with Crippen LogP contribution in [0.2, 0.25) is 0 Å². The van der Waals surface area contributed by atoms with Crippen molar-refractivity contribution in [2.24, 2.45) is 0 Å². The van der Waals surface area contributed by atoms with Gasteiger partial charge in [-0.05, 0) is 30.2 Å². The van der Waals surface area contributed by atoms with Crippen molar-refractivity contribution >= 4 is 27.5 Å². The van der Waals surface area contributed by atoms with E-state index in [1.807, 2.05) is 6.92 Å². The van der Waals surface area contributed by atoms with Gasteiger partial charge in [-0.2, -0.15) is 4.31 Å². The molecule has 1 fully saturated rings. The number of rotatable bonds is 3. The molecule has 0 atom stereocenters. The average Bonchev–Trinajstić information content (AvgIpc) is 2.77. The molecule has 2 aliphatic rings. The first-order valence-electron chi connectivity index (χ1n) is 8.12. The maximum atomic E-state index is 12.9. The Morgan fingerprint density at radius 3 is 2.75 bits per heavy atom. The van der Waals surface area contributed by atoms with Gasteiger partial charge in [-0.15, -0.1) is 0 Å². The number of carbonyl (C=O) groups is 2. The van der Waals surface area contributed by atoms with Crippen LogP contribution in [0.25, 0.3) is 0 Å². The summed E-state index contributed by atoms with van der Waals surface area (Å²) in [6.45, 7) is 3.49. The molecule has 0 radical (unpaired) electrons. The standard InChI is InChI=1S/C16H21N3O4S/c1-2-16(21)18-6-3-7-19(9-8-18)24(22,23)13-4-5-14-12(10-13)11-15(20)17-14/h4-5,10H,2-3,6-9,11H2,1H3,(H,17,20). The Bertz CT molecular complexity index is 776. The van der Waals surface area contributed by atoms with Crippen LogP contribution >= 0.6 is 0 Å². The van der Waals surface area contributed by atoms with Crippen molar-refractivity contribution in [2.75, 3.05) is 31.5 Å². The summed E-state index contributed by atoms with van der Waals surface area (Å²) in [5, 5.41) is 2.70. The molecular formula is C16H21N3O4S. The van der Waals surface area contributed by atoms with Gasteiger partial charge in [0.2, 0.25) is 21.8 Å². The topological polar surface area (TPSA) is 86.8 Å². The second-order valence-corrected chi connectivity index (χ2v) is 7.97. The number of benzene rings is 1. The number of hydrogen-bond donors (Lipinski definition) is 1. The molecule has 1 saturated heterocycles. The first kappa shape index (κ1) is 16.9. The lowest BCUT2D eigenvalue weighted by Gasteiger charge is -2.22. The lowest BCUT2D eigenvalue weighted by atomic mass is 10.2. The Labute approximate surface area is 141 Å². The number of amides is 2. The molecular weight excluding hydrogens is 330 g/mol. The Kier molecular flexibility index (Phi) is 4.60. The van der Waals surface area contributed by atoms with Crippen LogP contribution in [0.3, 0.4) is 0 Å². The second-order valence-electron chi connectivity index (χ2n) is 6.04. The maximum Gasteiger partial charge on any atom is 0.243 e. The number of hydrogen-bond acceptors (Lipinski definition) is 4. The number of nitrogens with zero attached hydrogens (tertiary/aromatic N) is 2. The zero-order valence-electron chi connectivity index (χ0n) is 13.6. The van der Waals surface area contributed by atoms with E-state index in [0.29, 0.717) is 50.3 Å². The number of carbonyl (C=O) groups excluding carboxylic acids is 2. The van der Waals surface area contributed by atoms with Gasteiger partial charge in [0.15, 0.2) is 0 Å². The lowest BCUT2D eigenvalue weighted by Crippen LogP contribution is -2.37. The molecule has 0 spiro atoms. The van der Waals surface area contributed by atoms with E-state index in [1.54, 1.807) is 17.0 Å². The summed E-state index contributed by atoms with van der Waals surface area (Å²) < 4.78 is 27.2. The van der Waals surface area contributed by atoms with Gasteiger partial charge >= 0.3 is 0 Å². The molecule has 2 aliphatic heterocycles. The molecule has 0 aromatic heterocycles. The number of nitrogens with one attached hydrogen (secondary N) is 1. The maximum absolute atomic E-state index is 12.9. The monoisotopic (exact) mass is 351 g/mol. The highest BCUT2D eigenvalue weighted by Gasteiger charge is 2.29. The number of sulfonamides is 1. The molecule has 0 unspecified atom stereocenters. The SMILES string of the molecule is CCC(=O)N1CCCN(S(=O)(=O)c2ccc3c(c2)CC(=O)N3)CC1. The van der Waals surface area contributed by atoms with Crippen molar-refractivity contribution in [3.63, 3.8) is 0 Å². The highest BCUT2D eigenvalue weighted by molar-refractivity contribution is 7.89. The molecule has 3 rings (SSSR count). The van der Waals surface area contributed by atoms with Crippen LogP contribution in [0, 0.1) is 0 Å². The molecule has 0 bridgehead atoms. The van der Waals surface area contributed by atoms with Gasteiger partial charge < -0.3 is 10.2 Å². The molecule has 0 aliphatic carbocycles. The first-order valence-corrected chi connectivity index (χ1v) is 9.56. The van der Waals surface area contributed by atoms with E-state index in [4.69, 9.17) is 0 Å². The molecule has 0 saturated carbocycles. The van der Waals surface area contributed by atoms with Crippen molar-refractivity contribution in [3.8, 4) is 0 Å². The fourth-order valence-corrected chi connectivity index (χ4v) is 4.64. The third-order valence-electron chi connectivity index (χ3n) is 4.45. The van der Waals surface area contributed by atoms with Crippen LogP contribution in [0.4, 0.5) is 5.69 Å². The summed E-state index contributed by atoms with van der Waals surface area (Å²) in [4.78, 5) is 25.2. The highest BCUT2D eigenvalue weighted by Crippen LogP contribution is 2.27. The predicted molar refractivity (Wildman–Crippen MR) is 89.0 cm³/mol. The van der Waals surface area contributed by atoms with E-state index in [-0.39, 0.29) is 23.1 Å². The van der Waals surface area contributed by atoms with Crippen molar-refractivity contribution in [1.29, 1.82) is 0 Å². The lowest BCUT2D eigenvalue weighted by molar-refractivity contribution is -0.130. The molecule has 1 N–H and O–H groups in total. The Morgan fingerprint density at radius 2 is 2.00 bits per heavy atom. The minimum atomic E-state index is -3.62. The van der Waals surface area contributed by atoms with Gasteiger partial charge in [0.25, 0.3) is 0 Å². The van der Waals surface area contributed by atoms with Crippen molar-refractivity contribution in [2.45, 2.75) is 31.1 Å². The summed E-state index contributed by atoms with van der Waals surface area (Å²) in [7, 11) is -3.62. The van der Waals surface area contributed by atoms with Crippen molar-refractivity contribution < 1.29 is 18.0 Å². The molecule has 2 heterocycles. The van der Waals surface area contributed by atoms with Crippen LogP contribution in [-0.4, -0.2) is 55.6 Å². The molecule has 24 heavy (non-hydrogen) atoms. The minimum absolute atomic E-state index is 0.0522. The van der Waals surface area contributed by atoms with Crippen LogP contribution in [0.15, 0.2) is 23.1 Å². The number of anilines is 1. The van der Waals surface area contributed by atoms with E-state index in [2.05, 4.69) is 5.32 Å². The van der Waals surface area contributed by atoms with Gasteiger partial charge in [-0.1, -0.05) is 6.92 Å². The van der Waals surface area contributed by atoms with Gasteiger partial charge in [0.1, 0.15) is 0 Å². The summed E-state index contributed by atoms with van der Waals surface area (Å²) in [6, 6.07) is 4.74. The summed E-state index contributed by atoms with van der Waals surface area (Å²) >= 11 is 0. The molecule has 7 nitrogen and oxygen atoms in total. The first-order chi connectivity index (χ1) is 11.4. The normalized spacial score (nSPS) is 18.9. The van der Waals surface area contributed by atoms with Gasteiger partial charge in [-0.3, -0.25) is 9.59 Å². The summed E-state index contributed by atoms with van der Waals surface area (Å²) in [5.74, 6) is -0.0700. The smallest absolute Gasteiger partial charge is 0.243 e. The van der Waals surface area contributed by atoms with Crippen molar-refractivity contribution in [1.82, 2.24) is 9.21 Å². The quantitative estimate of drug-likeness (QED) is 0.873. The summed E-state index contributed by atoms with van der Waals surface area (Å²) in [6.07, 6.45) is 1.26. The minimum Gasteiger partial charge on any atom is -0.341 e. The van der Waals surface area contributed by atoms with Crippen LogP contribution < -0.4 is 5.32 Å². The Balaban J connectivity index is 1.80. The second kappa shape index (κ2) is 6.52. The number of fused-ring (bicyclic) bond motifs is 1. The van der Waals surface area contributed by atoms with Crippen molar-refractivity contribution in [3.05, 3.63) is 23.8 Å². The van der Waals surface area contributed by atoms with E-state index >= 15 is 0 Å². The van der Waals surface area contributed by atoms with Gasteiger partial charge in [-0.25, -0.2) is 8.42 Å². The van der Waals surface area contributed by atoms with Crippen LogP contribution in [0.1, 0.15) is 25.3 Å². The fourth-order valence-electron chi connectivity index (χ4n) is 3.12. The van der Waals surface area contributed by atoms with Crippen LogP contribution in [0.5, 0.6) is 0 Å². The van der Waals surface area contributed by atoms with Gasteiger partial charge in [0.05, 0.1) is 11.3 Å². The Morgan fingerprint density at radius 1 is 1.21 bits per heavy atom. The van der Waals surface area contributed by atoms with Gasteiger partial charge in [0, 0.05) is 38.3 Å². The zero-order valence-corrected chi connectivity index (χ0v) is 14.4. The molecule has 1 aromatic carbocycles. The van der Waals surface area contributed by atoms with E-state index in [9.17, 15) is 18.0 Å². The van der Waals surface area contributed by atoms with Crippen LogP contribution in [-0.2, 0) is 26.0 Å². The third kappa shape index (κ3) is 3.16. The molecule has 1 aromatic rings. The van der Waals surface area contributed by atoms with E-state index < -0.39 is 10.0 Å². The summed E-state index contributed by atoms with van der Waals surface area (Å²) in [5.41, 5.74) is 1.38. The third-order valence-corrected chi connectivity index (χ3v) is 6.34. The fraction of sp³-hybridized carbons (Fsp3) is 0.500.